The van der Waals surface area contributed by atoms with Gasteiger partial charge in [0.15, 0.2) is 0 Å². The van der Waals surface area contributed by atoms with Crippen LogP contribution in [0.4, 0.5) is 0 Å². The summed E-state index contributed by atoms with van der Waals surface area (Å²) in [5, 5.41) is 0. The Labute approximate surface area is 77.9 Å². The predicted molar refractivity (Wildman–Crippen MR) is 47.5 cm³/mol. The SMILES string of the molecule is CCOC(=O)[C@@H]1[C@@H]([NH3+])[C@H]2C=C[C@@H]1C2. The van der Waals surface area contributed by atoms with Gasteiger partial charge in [0.1, 0.15) is 12.0 Å². The minimum absolute atomic E-state index is 0.0231. The van der Waals surface area contributed by atoms with Gasteiger partial charge in [-0.15, -0.1) is 0 Å². The van der Waals surface area contributed by atoms with Gasteiger partial charge in [0.05, 0.1) is 6.61 Å². The van der Waals surface area contributed by atoms with Gasteiger partial charge >= 0.3 is 5.97 Å². The molecule has 2 bridgehead atoms. The van der Waals surface area contributed by atoms with E-state index in [1.807, 2.05) is 6.92 Å². The maximum atomic E-state index is 11.5. The van der Waals surface area contributed by atoms with E-state index in [-0.39, 0.29) is 17.9 Å². The molecule has 0 spiro atoms. The number of carbonyl (C=O) groups is 1. The van der Waals surface area contributed by atoms with Crippen molar-refractivity contribution in [1.29, 1.82) is 0 Å². The Morgan fingerprint density at radius 2 is 2.23 bits per heavy atom. The summed E-state index contributed by atoms with van der Waals surface area (Å²) in [6, 6.07) is 0.231. The summed E-state index contributed by atoms with van der Waals surface area (Å²) in [5.41, 5.74) is 4.05. The van der Waals surface area contributed by atoms with E-state index in [2.05, 4.69) is 17.9 Å². The minimum atomic E-state index is -0.0562. The van der Waals surface area contributed by atoms with Crippen LogP contribution in [0.2, 0.25) is 0 Å². The third-order valence-electron chi connectivity index (χ3n) is 3.18. The minimum Gasteiger partial charge on any atom is -0.466 e. The zero-order valence-electron chi connectivity index (χ0n) is 7.90. The summed E-state index contributed by atoms with van der Waals surface area (Å²) in [4.78, 5) is 11.5. The summed E-state index contributed by atoms with van der Waals surface area (Å²) >= 11 is 0. The Balaban J connectivity index is 2.08. The summed E-state index contributed by atoms with van der Waals surface area (Å²) < 4.78 is 5.04. The molecule has 0 aromatic carbocycles. The van der Waals surface area contributed by atoms with Crippen molar-refractivity contribution in [1.82, 2.24) is 0 Å². The molecule has 3 N–H and O–H groups in total. The molecule has 13 heavy (non-hydrogen) atoms. The molecular formula is C10H16NO2+. The van der Waals surface area contributed by atoms with Crippen molar-refractivity contribution in [2.45, 2.75) is 19.4 Å². The molecule has 3 nitrogen and oxygen atoms in total. The fraction of sp³-hybridized carbons (Fsp3) is 0.700. The van der Waals surface area contributed by atoms with Crippen LogP contribution in [-0.4, -0.2) is 18.6 Å². The summed E-state index contributed by atoms with van der Waals surface area (Å²) in [6.45, 7) is 2.32. The van der Waals surface area contributed by atoms with Gasteiger partial charge in [0, 0.05) is 5.92 Å². The maximum Gasteiger partial charge on any atom is 0.315 e. The first kappa shape index (κ1) is 8.75. The molecule has 2 rings (SSSR count). The van der Waals surface area contributed by atoms with E-state index >= 15 is 0 Å². The molecule has 0 saturated heterocycles. The highest BCUT2D eigenvalue weighted by atomic mass is 16.5. The molecular weight excluding hydrogens is 166 g/mol. The monoisotopic (exact) mass is 182 g/mol. The number of ether oxygens (including phenoxy) is 1. The highest BCUT2D eigenvalue weighted by molar-refractivity contribution is 5.74. The fourth-order valence-corrected chi connectivity index (χ4v) is 2.51. The number of quaternary nitrogens is 1. The Kier molecular flexibility index (Phi) is 2.12. The highest BCUT2D eigenvalue weighted by Crippen LogP contribution is 2.42. The molecule has 2 aliphatic rings. The second-order valence-corrected chi connectivity index (χ2v) is 3.89. The number of rotatable bonds is 2. The van der Waals surface area contributed by atoms with Crippen molar-refractivity contribution >= 4 is 5.97 Å². The lowest BCUT2D eigenvalue weighted by Gasteiger charge is -2.19. The van der Waals surface area contributed by atoms with Crippen molar-refractivity contribution in [3.63, 3.8) is 0 Å². The van der Waals surface area contributed by atoms with Gasteiger partial charge in [-0.2, -0.15) is 0 Å². The molecule has 0 aromatic heterocycles. The predicted octanol–water partition coefficient (Wildman–Crippen LogP) is -0.0179. The molecule has 2 aliphatic carbocycles. The van der Waals surface area contributed by atoms with Crippen LogP contribution < -0.4 is 5.73 Å². The summed E-state index contributed by atoms with van der Waals surface area (Å²) in [6.07, 6.45) is 5.43. The number of allylic oxidation sites excluding steroid dienone is 1. The topological polar surface area (TPSA) is 53.9 Å². The Morgan fingerprint density at radius 3 is 2.77 bits per heavy atom. The number of fused-ring (bicyclic) bond motifs is 2. The van der Waals surface area contributed by atoms with Gasteiger partial charge in [-0.25, -0.2) is 0 Å². The second kappa shape index (κ2) is 3.14. The molecule has 3 heteroatoms. The first-order chi connectivity index (χ1) is 6.24. The number of hydrogen-bond donors (Lipinski definition) is 1. The van der Waals surface area contributed by atoms with Gasteiger partial charge in [-0.3, -0.25) is 4.79 Å². The second-order valence-electron chi connectivity index (χ2n) is 3.89. The van der Waals surface area contributed by atoms with Crippen LogP contribution in [0.3, 0.4) is 0 Å². The van der Waals surface area contributed by atoms with E-state index in [1.54, 1.807) is 0 Å². The van der Waals surface area contributed by atoms with Gasteiger partial charge in [-0.1, -0.05) is 12.2 Å². The highest BCUT2D eigenvalue weighted by Gasteiger charge is 2.49. The van der Waals surface area contributed by atoms with Crippen molar-refractivity contribution in [3.05, 3.63) is 12.2 Å². The van der Waals surface area contributed by atoms with Crippen LogP contribution in [-0.2, 0) is 9.53 Å². The van der Waals surface area contributed by atoms with E-state index in [0.29, 0.717) is 18.4 Å². The van der Waals surface area contributed by atoms with E-state index in [0.717, 1.165) is 6.42 Å². The lowest BCUT2D eigenvalue weighted by atomic mass is 9.90. The molecule has 0 unspecified atom stereocenters. The molecule has 1 saturated carbocycles. The molecule has 4 atom stereocenters. The van der Waals surface area contributed by atoms with Crippen LogP contribution in [0.25, 0.3) is 0 Å². The number of esters is 1. The van der Waals surface area contributed by atoms with Gasteiger partial charge in [-0.05, 0) is 19.3 Å². The molecule has 0 radical (unpaired) electrons. The Hall–Kier alpha value is -0.830. The van der Waals surface area contributed by atoms with Crippen LogP contribution in [0.15, 0.2) is 12.2 Å². The van der Waals surface area contributed by atoms with Gasteiger partial charge in [0.2, 0.25) is 0 Å². The summed E-state index contributed by atoms with van der Waals surface area (Å²) in [5.74, 6) is 0.875. The average molecular weight is 182 g/mol. The van der Waals surface area contributed by atoms with E-state index in [9.17, 15) is 4.79 Å². The van der Waals surface area contributed by atoms with Crippen LogP contribution >= 0.6 is 0 Å². The lowest BCUT2D eigenvalue weighted by Crippen LogP contribution is -2.67. The average Bonchev–Trinajstić information content (AvgIpc) is 2.63. The van der Waals surface area contributed by atoms with Crippen molar-refractivity contribution in [2.24, 2.45) is 17.8 Å². The first-order valence-corrected chi connectivity index (χ1v) is 4.92. The molecule has 0 aromatic rings. The van der Waals surface area contributed by atoms with Gasteiger partial charge in [0.25, 0.3) is 0 Å². The van der Waals surface area contributed by atoms with E-state index in [4.69, 9.17) is 4.74 Å². The quantitative estimate of drug-likeness (QED) is 0.482. The summed E-state index contributed by atoms with van der Waals surface area (Å²) in [7, 11) is 0. The largest absolute Gasteiger partial charge is 0.466 e. The van der Waals surface area contributed by atoms with Crippen LogP contribution in [0.5, 0.6) is 0 Å². The van der Waals surface area contributed by atoms with Crippen LogP contribution in [0.1, 0.15) is 13.3 Å². The Bertz CT molecular complexity index is 249. The van der Waals surface area contributed by atoms with Crippen LogP contribution in [0, 0.1) is 17.8 Å². The number of hydrogen-bond acceptors (Lipinski definition) is 2. The molecule has 0 heterocycles. The lowest BCUT2D eigenvalue weighted by molar-refractivity contribution is -0.434. The normalized spacial score (nSPS) is 41.1. The Morgan fingerprint density at radius 1 is 1.54 bits per heavy atom. The maximum absolute atomic E-state index is 11.5. The van der Waals surface area contributed by atoms with E-state index < -0.39 is 0 Å². The van der Waals surface area contributed by atoms with Crippen molar-refractivity contribution < 1.29 is 15.3 Å². The zero-order valence-corrected chi connectivity index (χ0v) is 7.90. The molecule has 0 amide bonds. The molecule has 72 valence electrons. The third kappa shape index (κ3) is 1.27. The van der Waals surface area contributed by atoms with Crippen molar-refractivity contribution in [2.75, 3.05) is 6.61 Å². The standard InChI is InChI=1S/C10H15NO2/c1-2-13-10(12)8-6-3-4-7(5-6)9(8)11/h3-4,6-9H,2,5,11H2,1H3/p+1/t6-,7+,8+,9+/m1/s1. The van der Waals surface area contributed by atoms with Crippen molar-refractivity contribution in [3.8, 4) is 0 Å². The van der Waals surface area contributed by atoms with E-state index in [1.165, 1.54) is 0 Å². The zero-order chi connectivity index (χ0) is 9.42. The third-order valence-corrected chi connectivity index (χ3v) is 3.18. The molecule has 0 aliphatic heterocycles. The fourth-order valence-electron chi connectivity index (χ4n) is 2.51. The van der Waals surface area contributed by atoms with Gasteiger partial charge < -0.3 is 10.5 Å². The molecule has 1 fully saturated rings. The number of carbonyl (C=O) groups excluding carboxylic acids is 1. The smallest absolute Gasteiger partial charge is 0.315 e. The first-order valence-electron chi connectivity index (χ1n) is 4.92.